The zero-order valence-electron chi connectivity index (χ0n) is 16.5. The van der Waals surface area contributed by atoms with E-state index in [1.807, 2.05) is 0 Å². The van der Waals surface area contributed by atoms with E-state index in [0.29, 0.717) is 24.4 Å². The zero-order chi connectivity index (χ0) is 24.8. The second-order valence-corrected chi connectivity index (χ2v) is 8.91. The number of alkyl halides is 6. The van der Waals surface area contributed by atoms with Crippen LogP contribution in [0.25, 0.3) is 5.52 Å². The highest BCUT2D eigenvalue weighted by Crippen LogP contribution is 2.34. The van der Waals surface area contributed by atoms with Crippen LogP contribution in [0.2, 0.25) is 0 Å². The maximum atomic E-state index is 13.1. The summed E-state index contributed by atoms with van der Waals surface area (Å²) in [4.78, 5) is 14.3. The van der Waals surface area contributed by atoms with Crippen molar-refractivity contribution < 1.29 is 44.7 Å². The number of aromatic nitrogens is 3. The quantitative estimate of drug-likeness (QED) is 0.498. The molecule has 2 N–H and O–H groups in total. The maximum Gasteiger partial charge on any atom is 0.417 e. The van der Waals surface area contributed by atoms with Crippen molar-refractivity contribution in [3.63, 3.8) is 0 Å². The highest BCUT2D eigenvalue weighted by molar-refractivity contribution is 7.91. The Morgan fingerprint density at radius 1 is 1.12 bits per heavy atom. The number of halogens is 6. The number of fused-ring (bicyclic) bond motifs is 1. The summed E-state index contributed by atoms with van der Waals surface area (Å²) >= 11 is 0. The predicted octanol–water partition coefficient (Wildman–Crippen LogP) is 3.87. The van der Waals surface area contributed by atoms with Gasteiger partial charge in [0.2, 0.25) is 0 Å². The van der Waals surface area contributed by atoms with Crippen LogP contribution in [0.4, 0.5) is 32.2 Å². The van der Waals surface area contributed by atoms with Crippen LogP contribution in [0.1, 0.15) is 34.1 Å². The minimum Gasteiger partial charge on any atom is -0.478 e. The molecule has 178 valence electrons. The number of hydrogen-bond donors (Lipinski definition) is 2. The Labute approximate surface area is 181 Å². The van der Waals surface area contributed by atoms with Gasteiger partial charge in [0, 0.05) is 12.4 Å². The van der Waals surface area contributed by atoms with Crippen LogP contribution in [0.15, 0.2) is 35.5 Å². The molecule has 8 nitrogen and oxygen atoms in total. The number of carbonyl (C=O) groups is 1. The fourth-order valence-corrected chi connectivity index (χ4v) is 4.08. The van der Waals surface area contributed by atoms with Crippen molar-refractivity contribution in [2.24, 2.45) is 0 Å². The number of nitrogens with zero attached hydrogens (tertiary/aromatic N) is 3. The highest BCUT2D eigenvalue weighted by atomic mass is 32.2. The van der Waals surface area contributed by atoms with E-state index >= 15 is 0 Å². The number of sulfone groups is 1. The lowest BCUT2D eigenvalue weighted by molar-refractivity contribution is -0.138. The highest BCUT2D eigenvalue weighted by Gasteiger charge is 2.34. The van der Waals surface area contributed by atoms with Crippen LogP contribution < -0.4 is 5.32 Å². The lowest BCUT2D eigenvalue weighted by Gasteiger charge is -2.11. The second-order valence-electron chi connectivity index (χ2n) is 6.70. The van der Waals surface area contributed by atoms with Gasteiger partial charge in [-0.05, 0) is 18.2 Å². The first-order valence-electron chi connectivity index (χ1n) is 9.00. The normalized spacial score (nSPS) is 12.8. The minimum atomic E-state index is -4.84. The molecule has 0 spiro atoms. The second kappa shape index (κ2) is 8.20. The van der Waals surface area contributed by atoms with Gasteiger partial charge in [0.1, 0.15) is 4.90 Å². The molecular formula is C18H14F6N4O4S. The molecule has 0 saturated heterocycles. The molecule has 0 unspecified atom stereocenters. The summed E-state index contributed by atoms with van der Waals surface area (Å²) in [7, 11) is -4.13. The molecule has 33 heavy (non-hydrogen) atoms. The Morgan fingerprint density at radius 3 is 2.30 bits per heavy atom. The molecule has 0 aliphatic carbocycles. The number of pyridine rings is 2. The largest absolute Gasteiger partial charge is 0.478 e. The van der Waals surface area contributed by atoms with Gasteiger partial charge in [-0.15, -0.1) is 5.10 Å². The Morgan fingerprint density at radius 2 is 1.76 bits per heavy atom. The molecular weight excluding hydrogens is 482 g/mol. The molecule has 0 aliphatic rings. The Bertz CT molecular complexity index is 1330. The maximum absolute atomic E-state index is 13.1. The summed E-state index contributed by atoms with van der Waals surface area (Å²) in [5.41, 5.74) is -3.96. The number of anilines is 1. The fourth-order valence-electron chi connectivity index (χ4n) is 2.91. The molecule has 3 aromatic rings. The van der Waals surface area contributed by atoms with Crippen LogP contribution in [0, 0.1) is 0 Å². The summed E-state index contributed by atoms with van der Waals surface area (Å²) in [6.07, 6.45) is -8.29. The number of hydrogen-bond acceptors (Lipinski definition) is 6. The summed E-state index contributed by atoms with van der Waals surface area (Å²) < 4.78 is 104. The smallest absolute Gasteiger partial charge is 0.417 e. The zero-order valence-corrected chi connectivity index (χ0v) is 17.3. The molecule has 15 heteroatoms. The van der Waals surface area contributed by atoms with Crippen molar-refractivity contribution in [1.82, 2.24) is 14.6 Å². The minimum absolute atomic E-state index is 0.370. The van der Waals surface area contributed by atoms with E-state index < -0.39 is 67.9 Å². The van der Waals surface area contributed by atoms with Crippen molar-refractivity contribution >= 4 is 27.1 Å². The van der Waals surface area contributed by atoms with Crippen LogP contribution >= 0.6 is 0 Å². The van der Waals surface area contributed by atoms with E-state index in [0.717, 1.165) is 10.7 Å². The predicted molar refractivity (Wildman–Crippen MR) is 101 cm³/mol. The number of rotatable bonds is 6. The third kappa shape index (κ3) is 4.86. The van der Waals surface area contributed by atoms with Crippen LogP contribution in [-0.4, -0.2) is 39.8 Å². The van der Waals surface area contributed by atoms with Gasteiger partial charge >= 0.3 is 18.3 Å². The standard InChI is InChI=1S/C18H14F6N4O4S/c1-2-33(31,32)14-13-6-9(17(19,20)21)3-4-28(13)27-15(14)26-8-12-11(16(29)30)5-10(7-25-12)18(22,23)24/h3-7H,2,8H2,1H3,(H,26,27)(H,29,30). The van der Waals surface area contributed by atoms with Gasteiger partial charge in [-0.2, -0.15) is 26.3 Å². The lowest BCUT2D eigenvalue weighted by Crippen LogP contribution is -2.15. The van der Waals surface area contributed by atoms with E-state index in [1.54, 1.807) is 0 Å². The first kappa shape index (κ1) is 24.3. The third-order valence-electron chi connectivity index (χ3n) is 4.56. The number of aromatic carboxylic acids is 1. The Kier molecular flexibility index (Phi) is 6.04. The average Bonchev–Trinajstić information content (AvgIpc) is 3.09. The number of carboxylic acid groups (broad SMARTS) is 1. The molecule has 0 atom stereocenters. The van der Waals surface area contributed by atoms with Crippen LogP contribution in [-0.2, 0) is 28.7 Å². The Balaban J connectivity index is 2.08. The van der Waals surface area contributed by atoms with Crippen molar-refractivity contribution in [2.75, 3.05) is 11.1 Å². The van der Waals surface area contributed by atoms with Crippen molar-refractivity contribution in [2.45, 2.75) is 30.7 Å². The van der Waals surface area contributed by atoms with Gasteiger partial charge in [0.25, 0.3) is 0 Å². The molecule has 0 radical (unpaired) electrons. The van der Waals surface area contributed by atoms with E-state index in [4.69, 9.17) is 0 Å². The van der Waals surface area contributed by atoms with Gasteiger partial charge in [0.05, 0.1) is 40.2 Å². The lowest BCUT2D eigenvalue weighted by atomic mass is 10.1. The summed E-state index contributed by atoms with van der Waals surface area (Å²) in [6.45, 7) is 0.693. The van der Waals surface area contributed by atoms with Crippen molar-refractivity contribution in [1.29, 1.82) is 0 Å². The van der Waals surface area contributed by atoms with Gasteiger partial charge in [0.15, 0.2) is 15.7 Å². The van der Waals surface area contributed by atoms with Crippen molar-refractivity contribution in [3.05, 3.63) is 53.0 Å². The molecule has 0 aliphatic heterocycles. The third-order valence-corrected chi connectivity index (χ3v) is 6.34. The first-order chi connectivity index (χ1) is 15.1. The van der Waals surface area contributed by atoms with Gasteiger partial charge in [-0.3, -0.25) is 4.98 Å². The molecule has 3 aromatic heterocycles. The van der Waals surface area contributed by atoms with E-state index in [-0.39, 0.29) is 11.2 Å². The van der Waals surface area contributed by atoms with Crippen LogP contribution in [0.3, 0.4) is 0 Å². The topological polar surface area (TPSA) is 114 Å². The van der Waals surface area contributed by atoms with Crippen molar-refractivity contribution in [3.8, 4) is 0 Å². The average molecular weight is 496 g/mol. The van der Waals surface area contributed by atoms with Crippen LogP contribution in [0.5, 0.6) is 0 Å². The molecule has 0 bridgehead atoms. The van der Waals surface area contributed by atoms with Gasteiger partial charge in [-0.25, -0.2) is 17.7 Å². The molecule has 0 fully saturated rings. The fraction of sp³-hybridized carbons (Fsp3) is 0.278. The SMILES string of the molecule is CCS(=O)(=O)c1c(NCc2ncc(C(F)(F)F)cc2C(=O)O)nn2ccc(C(F)(F)F)cc12. The molecule has 0 saturated carbocycles. The van der Waals surface area contributed by atoms with E-state index in [9.17, 15) is 44.7 Å². The number of nitrogens with one attached hydrogen (secondary N) is 1. The van der Waals surface area contributed by atoms with Gasteiger partial charge < -0.3 is 10.4 Å². The van der Waals surface area contributed by atoms with E-state index in [1.165, 1.54) is 6.92 Å². The number of carboxylic acids is 1. The van der Waals surface area contributed by atoms with Gasteiger partial charge in [-0.1, -0.05) is 6.92 Å². The summed E-state index contributed by atoms with van der Waals surface area (Å²) in [5, 5.41) is 15.6. The first-order valence-corrected chi connectivity index (χ1v) is 10.7. The molecule has 3 rings (SSSR count). The monoisotopic (exact) mass is 496 g/mol. The summed E-state index contributed by atoms with van der Waals surface area (Å²) in [5.74, 6) is -2.61. The Hall–Kier alpha value is -3.36. The van der Waals surface area contributed by atoms with E-state index in [2.05, 4.69) is 15.4 Å². The summed E-state index contributed by atoms with van der Waals surface area (Å²) in [6, 6.07) is 1.65. The molecule has 0 amide bonds. The molecule has 3 heterocycles. The molecule has 0 aromatic carbocycles.